The molecule has 0 amide bonds. The van der Waals surface area contributed by atoms with Gasteiger partial charge >= 0.3 is 13.5 Å². The van der Waals surface area contributed by atoms with Crippen LogP contribution in [0.15, 0.2) is 24.4 Å². The lowest BCUT2D eigenvalue weighted by Gasteiger charge is -2.18. The smallest absolute Gasteiger partial charge is 0.344 e. The van der Waals surface area contributed by atoms with Crippen LogP contribution in [0.1, 0.15) is 0 Å². The van der Waals surface area contributed by atoms with Crippen LogP contribution >= 0.6 is 15.0 Å². The van der Waals surface area contributed by atoms with Crippen molar-refractivity contribution >= 4 is 15.0 Å². The Bertz CT molecular complexity index is 474. The highest BCUT2D eigenvalue weighted by Gasteiger charge is 2.44. The first kappa shape index (κ1) is 14.5. The van der Waals surface area contributed by atoms with Crippen molar-refractivity contribution in [2.75, 3.05) is 6.66 Å². The average Bonchev–Trinajstić information content (AvgIpc) is 2.12. The number of halogens is 1. The summed E-state index contributed by atoms with van der Waals surface area (Å²) in [6, 6.07) is 3.95. The maximum atomic E-state index is 13.3. The molecule has 0 aromatic carbocycles. The fourth-order valence-corrected chi connectivity index (χ4v) is 4.42. The van der Waals surface area contributed by atoms with Gasteiger partial charge in [-0.2, -0.15) is 4.57 Å². The first-order chi connectivity index (χ1) is 7.62. The zero-order chi connectivity index (χ0) is 13.3. The molecule has 96 valence electrons. The monoisotopic (exact) mass is 284 g/mol. The Hall–Kier alpha value is -0.580. The lowest BCUT2D eigenvalue weighted by molar-refractivity contribution is -0.721. The van der Waals surface area contributed by atoms with Crippen molar-refractivity contribution in [3.05, 3.63) is 30.3 Å². The molecule has 17 heavy (non-hydrogen) atoms. The molecule has 0 aliphatic heterocycles. The summed E-state index contributed by atoms with van der Waals surface area (Å²) in [5.74, 6) is -0.737. The zero-order valence-electron chi connectivity index (χ0n) is 8.97. The molecule has 9 heteroatoms. The van der Waals surface area contributed by atoms with Crippen LogP contribution in [-0.2, 0) is 15.7 Å². The zero-order valence-corrected chi connectivity index (χ0v) is 10.8. The SMILES string of the molecule is CP(=O)(O)C(C[n+]1ccccc1F)P(=O)(O)O. The second kappa shape index (κ2) is 4.96. The van der Waals surface area contributed by atoms with Gasteiger partial charge in [0, 0.05) is 18.8 Å². The molecule has 2 atom stereocenters. The quantitative estimate of drug-likeness (QED) is 0.425. The van der Waals surface area contributed by atoms with E-state index in [1.54, 1.807) is 0 Å². The van der Waals surface area contributed by atoms with Crippen molar-refractivity contribution in [2.45, 2.75) is 11.9 Å². The van der Waals surface area contributed by atoms with Gasteiger partial charge in [-0.05, 0) is 6.07 Å². The highest BCUT2D eigenvalue weighted by atomic mass is 31.2. The van der Waals surface area contributed by atoms with E-state index in [2.05, 4.69) is 0 Å². The molecule has 1 aromatic rings. The molecule has 0 fully saturated rings. The summed E-state index contributed by atoms with van der Waals surface area (Å²) in [7, 11) is -8.82. The van der Waals surface area contributed by atoms with E-state index < -0.39 is 32.9 Å². The van der Waals surface area contributed by atoms with Crippen molar-refractivity contribution in [3.8, 4) is 0 Å². The fourth-order valence-electron chi connectivity index (χ4n) is 1.32. The lowest BCUT2D eigenvalue weighted by atomic mass is 10.5. The van der Waals surface area contributed by atoms with E-state index in [0.29, 0.717) is 0 Å². The molecular formula is C8H13FNO5P2+. The Morgan fingerprint density at radius 3 is 2.35 bits per heavy atom. The van der Waals surface area contributed by atoms with Crippen LogP contribution in [0.5, 0.6) is 0 Å². The third-order valence-electron chi connectivity index (χ3n) is 2.19. The molecule has 1 aromatic heterocycles. The lowest BCUT2D eigenvalue weighted by Crippen LogP contribution is -2.42. The molecule has 3 N–H and O–H groups in total. The maximum absolute atomic E-state index is 13.3. The molecule has 1 heterocycles. The first-order valence-corrected chi connectivity index (χ1v) is 8.47. The minimum absolute atomic E-state index is 0.554. The Morgan fingerprint density at radius 1 is 1.35 bits per heavy atom. The Labute approximate surface area is 97.3 Å². The molecule has 0 spiro atoms. The van der Waals surface area contributed by atoms with Crippen LogP contribution in [-0.4, -0.2) is 26.7 Å². The van der Waals surface area contributed by atoms with Gasteiger partial charge in [-0.1, -0.05) is 0 Å². The summed E-state index contributed by atoms with van der Waals surface area (Å²) in [5.41, 5.74) is 0. The fraction of sp³-hybridized carbons (Fsp3) is 0.375. The predicted octanol–water partition coefficient (Wildman–Crippen LogP) is 0.517. The standard InChI is InChI=1S/C8H12FNO5P2/c1-16(11,12)8(17(13,14)15)6-10-5-3-2-4-7(10)9/h2-5,8H,6H2,1H3,(H2-,11,12,13,14,15)/p+1. The van der Waals surface area contributed by atoms with E-state index >= 15 is 0 Å². The summed E-state index contributed by atoms with van der Waals surface area (Å²) in [6.07, 6.45) is 1.24. The second-order valence-electron chi connectivity index (χ2n) is 3.69. The van der Waals surface area contributed by atoms with Gasteiger partial charge in [0.25, 0.3) is 0 Å². The van der Waals surface area contributed by atoms with E-state index in [0.717, 1.165) is 17.3 Å². The van der Waals surface area contributed by atoms with Gasteiger partial charge in [0.1, 0.15) is 0 Å². The van der Waals surface area contributed by atoms with Crippen molar-refractivity contribution in [3.63, 3.8) is 0 Å². The molecule has 6 nitrogen and oxygen atoms in total. The molecule has 2 unspecified atom stereocenters. The van der Waals surface area contributed by atoms with Gasteiger partial charge in [0.05, 0.1) is 0 Å². The van der Waals surface area contributed by atoms with Gasteiger partial charge in [0.2, 0.25) is 7.37 Å². The predicted molar refractivity (Wildman–Crippen MR) is 58.2 cm³/mol. The minimum atomic E-state index is -4.78. The summed E-state index contributed by atoms with van der Waals surface area (Å²) in [6.45, 7) is 0.291. The number of nitrogens with zero attached hydrogens (tertiary/aromatic N) is 1. The van der Waals surface area contributed by atoms with E-state index in [4.69, 9.17) is 9.79 Å². The van der Waals surface area contributed by atoms with Gasteiger partial charge in [-0.3, -0.25) is 9.13 Å². The van der Waals surface area contributed by atoms with E-state index in [9.17, 15) is 18.4 Å². The van der Waals surface area contributed by atoms with Crippen LogP contribution in [0, 0.1) is 5.95 Å². The van der Waals surface area contributed by atoms with E-state index in [1.807, 2.05) is 0 Å². The van der Waals surface area contributed by atoms with Crippen molar-refractivity contribution in [1.29, 1.82) is 0 Å². The number of pyridine rings is 1. The van der Waals surface area contributed by atoms with E-state index in [-0.39, 0.29) is 0 Å². The molecular weight excluding hydrogens is 271 g/mol. The molecule has 0 radical (unpaired) electrons. The third-order valence-corrected chi connectivity index (χ3v) is 6.58. The highest BCUT2D eigenvalue weighted by Crippen LogP contribution is 2.60. The van der Waals surface area contributed by atoms with Crippen molar-refractivity contribution in [1.82, 2.24) is 0 Å². The van der Waals surface area contributed by atoms with Crippen LogP contribution < -0.4 is 4.57 Å². The minimum Gasteiger partial charge on any atom is -0.344 e. The number of rotatable bonds is 4. The first-order valence-electron chi connectivity index (χ1n) is 4.61. The third kappa shape index (κ3) is 3.98. The topological polar surface area (TPSA) is 98.7 Å². The number of hydrogen-bond donors (Lipinski definition) is 3. The Kier molecular flexibility index (Phi) is 4.23. The van der Waals surface area contributed by atoms with Crippen molar-refractivity contribution < 1.29 is 32.8 Å². The molecule has 0 aliphatic carbocycles. The molecule has 0 bridgehead atoms. The maximum Gasteiger partial charge on any atom is 0.359 e. The number of aromatic nitrogens is 1. The largest absolute Gasteiger partial charge is 0.359 e. The molecule has 0 saturated heterocycles. The van der Waals surface area contributed by atoms with Gasteiger partial charge in [0.15, 0.2) is 18.1 Å². The van der Waals surface area contributed by atoms with Crippen molar-refractivity contribution in [2.24, 2.45) is 0 Å². The number of hydrogen-bond acceptors (Lipinski definition) is 2. The Balaban J connectivity index is 3.09. The summed E-state index contributed by atoms with van der Waals surface area (Å²) >= 11 is 0. The average molecular weight is 284 g/mol. The second-order valence-corrected chi connectivity index (χ2v) is 8.41. The van der Waals surface area contributed by atoms with E-state index in [1.165, 1.54) is 18.3 Å². The Morgan fingerprint density at radius 2 is 1.94 bits per heavy atom. The van der Waals surface area contributed by atoms with Crippen LogP contribution in [0.25, 0.3) is 0 Å². The molecule has 0 saturated carbocycles. The van der Waals surface area contributed by atoms with Crippen LogP contribution in [0.4, 0.5) is 4.39 Å². The summed E-state index contributed by atoms with van der Waals surface area (Å²) < 4.78 is 36.7. The van der Waals surface area contributed by atoms with Gasteiger partial charge in [-0.15, -0.1) is 4.39 Å². The summed E-state index contributed by atoms with van der Waals surface area (Å²) in [5, 5.41) is -1.81. The van der Waals surface area contributed by atoms with Gasteiger partial charge < -0.3 is 14.7 Å². The van der Waals surface area contributed by atoms with Crippen LogP contribution in [0.3, 0.4) is 0 Å². The summed E-state index contributed by atoms with van der Waals surface area (Å²) in [4.78, 5) is 27.3. The van der Waals surface area contributed by atoms with Crippen LogP contribution in [0.2, 0.25) is 0 Å². The molecule has 1 rings (SSSR count). The molecule has 0 aliphatic rings. The normalized spacial score (nSPS) is 17.5. The van der Waals surface area contributed by atoms with Gasteiger partial charge in [-0.25, -0.2) is 0 Å². The highest BCUT2D eigenvalue weighted by molar-refractivity contribution is 7.73.